The zero-order valence-electron chi connectivity index (χ0n) is 8.49. The maximum absolute atomic E-state index is 11.1. The lowest BCUT2D eigenvalue weighted by molar-refractivity contribution is -0.116. The second-order valence-corrected chi connectivity index (χ2v) is 3.73. The van der Waals surface area contributed by atoms with Crippen LogP contribution in [0, 0.1) is 0 Å². The summed E-state index contributed by atoms with van der Waals surface area (Å²) in [5, 5.41) is 0. The topological polar surface area (TPSA) is 20.3 Å². The fourth-order valence-electron chi connectivity index (χ4n) is 1.82. The Hall–Kier alpha value is -1.31. The number of carbonyl (C=O) groups excluding carboxylic acids is 1. The zero-order chi connectivity index (χ0) is 9.97. The van der Waals surface area contributed by atoms with Crippen molar-refractivity contribution in [1.82, 2.24) is 0 Å². The van der Waals surface area contributed by atoms with Crippen molar-refractivity contribution in [2.75, 3.05) is 18.0 Å². The lowest BCUT2D eigenvalue weighted by atomic mass is 10.1. The normalized spacial score (nSPS) is 16.4. The Kier molecular flexibility index (Phi) is 2.53. The first-order valence-corrected chi connectivity index (χ1v) is 5.15. The molecule has 1 heterocycles. The molecule has 0 atom stereocenters. The van der Waals surface area contributed by atoms with Gasteiger partial charge in [0, 0.05) is 18.7 Å². The third-order valence-electron chi connectivity index (χ3n) is 2.71. The van der Waals surface area contributed by atoms with Gasteiger partial charge in [-0.1, -0.05) is 19.1 Å². The molecule has 1 aromatic rings. The van der Waals surface area contributed by atoms with Crippen LogP contribution in [-0.4, -0.2) is 18.9 Å². The predicted molar refractivity (Wildman–Crippen MR) is 57.7 cm³/mol. The van der Waals surface area contributed by atoms with Crippen molar-refractivity contribution in [2.24, 2.45) is 0 Å². The minimum atomic E-state index is 0.354. The van der Waals surface area contributed by atoms with Gasteiger partial charge in [0.25, 0.3) is 0 Å². The van der Waals surface area contributed by atoms with Crippen molar-refractivity contribution in [1.29, 1.82) is 0 Å². The van der Waals surface area contributed by atoms with Crippen molar-refractivity contribution in [3.63, 3.8) is 0 Å². The van der Waals surface area contributed by atoms with Gasteiger partial charge in [-0.25, -0.2) is 0 Å². The molecule has 1 aromatic carbocycles. The molecule has 14 heavy (non-hydrogen) atoms. The summed E-state index contributed by atoms with van der Waals surface area (Å²) >= 11 is 0. The molecule has 1 aliphatic heterocycles. The van der Waals surface area contributed by atoms with Crippen LogP contribution in [0.3, 0.4) is 0 Å². The van der Waals surface area contributed by atoms with E-state index in [1.807, 2.05) is 0 Å². The van der Waals surface area contributed by atoms with Gasteiger partial charge in [-0.3, -0.25) is 4.79 Å². The highest BCUT2D eigenvalue weighted by atomic mass is 16.1. The minimum absolute atomic E-state index is 0.354. The number of benzene rings is 1. The van der Waals surface area contributed by atoms with Gasteiger partial charge < -0.3 is 4.90 Å². The number of carbonyl (C=O) groups is 1. The maximum Gasteiger partial charge on any atom is 0.153 e. The van der Waals surface area contributed by atoms with Crippen LogP contribution in [0.15, 0.2) is 24.3 Å². The Morgan fingerprint density at radius 1 is 1.43 bits per heavy atom. The summed E-state index contributed by atoms with van der Waals surface area (Å²) in [5.74, 6) is 0.354. The third kappa shape index (κ3) is 1.79. The fourth-order valence-corrected chi connectivity index (χ4v) is 1.82. The molecule has 0 N–H and O–H groups in total. The summed E-state index contributed by atoms with van der Waals surface area (Å²) in [7, 11) is 0. The van der Waals surface area contributed by atoms with Crippen LogP contribution in [0.1, 0.15) is 18.9 Å². The first-order valence-electron chi connectivity index (χ1n) is 5.15. The summed E-state index contributed by atoms with van der Waals surface area (Å²) in [6, 6.07) is 8.45. The number of nitrogens with zero attached hydrogens (tertiary/aromatic N) is 1. The van der Waals surface area contributed by atoms with Crippen LogP contribution in [0.25, 0.3) is 0 Å². The Labute approximate surface area is 84.5 Å². The summed E-state index contributed by atoms with van der Waals surface area (Å²) in [6.07, 6.45) is 1.76. The number of Topliss-reactive ketones (excluding diaryl/α,β-unsaturated/α-hetero) is 1. The van der Waals surface area contributed by atoms with E-state index in [4.69, 9.17) is 0 Å². The van der Waals surface area contributed by atoms with Crippen LogP contribution in [0.2, 0.25) is 0 Å². The van der Waals surface area contributed by atoms with Crippen LogP contribution < -0.4 is 4.90 Å². The van der Waals surface area contributed by atoms with Crippen molar-refractivity contribution in [3.8, 4) is 0 Å². The first-order chi connectivity index (χ1) is 6.79. The van der Waals surface area contributed by atoms with Crippen LogP contribution in [0.4, 0.5) is 5.69 Å². The van der Waals surface area contributed by atoms with Crippen molar-refractivity contribution < 1.29 is 4.79 Å². The van der Waals surface area contributed by atoms with Crippen molar-refractivity contribution in [2.45, 2.75) is 19.8 Å². The van der Waals surface area contributed by atoms with Gasteiger partial charge in [-0.2, -0.15) is 0 Å². The zero-order valence-corrected chi connectivity index (χ0v) is 8.49. The molecular weight excluding hydrogens is 174 g/mol. The molecule has 1 saturated heterocycles. The predicted octanol–water partition coefficient (Wildman–Crippen LogP) is 2.03. The highest BCUT2D eigenvalue weighted by molar-refractivity contribution is 5.87. The molecule has 2 rings (SSSR count). The lowest BCUT2D eigenvalue weighted by Crippen LogP contribution is -2.19. The molecule has 74 valence electrons. The van der Waals surface area contributed by atoms with Gasteiger partial charge >= 0.3 is 0 Å². The summed E-state index contributed by atoms with van der Waals surface area (Å²) in [5.41, 5.74) is 2.53. The number of anilines is 1. The average molecular weight is 189 g/mol. The molecule has 0 spiro atoms. The van der Waals surface area contributed by atoms with Crippen LogP contribution >= 0.6 is 0 Å². The summed E-state index contributed by atoms with van der Waals surface area (Å²) < 4.78 is 0. The Morgan fingerprint density at radius 3 is 2.93 bits per heavy atom. The van der Waals surface area contributed by atoms with E-state index < -0.39 is 0 Å². The number of hydrogen-bond acceptors (Lipinski definition) is 2. The van der Waals surface area contributed by atoms with E-state index in [1.165, 1.54) is 11.3 Å². The number of rotatable bonds is 2. The van der Waals surface area contributed by atoms with Gasteiger partial charge in [0.05, 0.1) is 6.54 Å². The van der Waals surface area contributed by atoms with E-state index >= 15 is 0 Å². The molecule has 0 bridgehead atoms. The van der Waals surface area contributed by atoms with E-state index in [9.17, 15) is 4.79 Å². The lowest BCUT2D eigenvalue weighted by Gasteiger charge is -2.17. The minimum Gasteiger partial charge on any atom is -0.364 e. The maximum atomic E-state index is 11.1. The number of hydrogen-bond donors (Lipinski definition) is 0. The van der Waals surface area contributed by atoms with E-state index in [0.717, 1.165) is 13.0 Å². The molecule has 0 aliphatic carbocycles. The monoisotopic (exact) mass is 189 g/mol. The van der Waals surface area contributed by atoms with Crippen LogP contribution in [0.5, 0.6) is 0 Å². The van der Waals surface area contributed by atoms with Gasteiger partial charge in [-0.05, 0) is 24.1 Å². The largest absolute Gasteiger partial charge is 0.364 e. The smallest absolute Gasteiger partial charge is 0.153 e. The van der Waals surface area contributed by atoms with Gasteiger partial charge in [0.1, 0.15) is 0 Å². The molecule has 2 heteroatoms. The molecule has 0 radical (unpaired) electrons. The molecule has 0 aromatic heterocycles. The molecule has 0 amide bonds. The SMILES string of the molecule is CCc1cccc(N2CCC(=O)C2)c1. The summed E-state index contributed by atoms with van der Waals surface area (Å²) in [4.78, 5) is 13.3. The second kappa shape index (κ2) is 3.82. The quantitative estimate of drug-likeness (QED) is 0.709. The standard InChI is InChI=1S/C12H15NO/c1-2-10-4-3-5-11(8-10)13-7-6-12(14)9-13/h3-5,8H,2,6-7,9H2,1H3. The van der Waals surface area contributed by atoms with E-state index in [2.05, 4.69) is 36.1 Å². The van der Waals surface area contributed by atoms with Gasteiger partial charge in [0.15, 0.2) is 5.78 Å². The molecule has 0 unspecified atom stereocenters. The molecule has 1 fully saturated rings. The van der Waals surface area contributed by atoms with E-state index in [1.54, 1.807) is 0 Å². The Bertz CT molecular complexity index is 346. The molecule has 1 aliphatic rings. The number of aryl methyl sites for hydroxylation is 1. The number of ketones is 1. The Morgan fingerprint density at radius 2 is 2.29 bits per heavy atom. The fraction of sp³-hybridized carbons (Fsp3) is 0.417. The second-order valence-electron chi connectivity index (χ2n) is 3.73. The molecular formula is C12H15NO. The Balaban J connectivity index is 2.19. The van der Waals surface area contributed by atoms with Crippen LogP contribution in [-0.2, 0) is 11.2 Å². The first kappa shape index (κ1) is 9.25. The van der Waals surface area contributed by atoms with Gasteiger partial charge in [0.2, 0.25) is 0 Å². The van der Waals surface area contributed by atoms with E-state index in [0.29, 0.717) is 18.7 Å². The third-order valence-corrected chi connectivity index (χ3v) is 2.71. The molecule has 2 nitrogen and oxygen atoms in total. The summed E-state index contributed by atoms with van der Waals surface area (Å²) in [6.45, 7) is 3.62. The van der Waals surface area contributed by atoms with Gasteiger partial charge in [-0.15, -0.1) is 0 Å². The molecule has 0 saturated carbocycles. The highest BCUT2D eigenvalue weighted by Crippen LogP contribution is 2.19. The highest BCUT2D eigenvalue weighted by Gasteiger charge is 2.19. The van der Waals surface area contributed by atoms with E-state index in [-0.39, 0.29) is 0 Å². The van der Waals surface area contributed by atoms with Crippen molar-refractivity contribution in [3.05, 3.63) is 29.8 Å². The average Bonchev–Trinajstić information content (AvgIpc) is 2.65. The van der Waals surface area contributed by atoms with Crippen molar-refractivity contribution >= 4 is 11.5 Å².